The van der Waals surface area contributed by atoms with Gasteiger partial charge in [-0.1, -0.05) is 18.2 Å². The van der Waals surface area contributed by atoms with Gasteiger partial charge in [0, 0.05) is 23.4 Å². The molecule has 0 unspecified atom stereocenters. The van der Waals surface area contributed by atoms with E-state index in [-0.39, 0.29) is 17.2 Å². The molecule has 4 rings (SSSR count). The summed E-state index contributed by atoms with van der Waals surface area (Å²) in [7, 11) is 0. The standard InChI is InChI=1S/C21H18N4O3/c26-19-13-12-18(24-25(19)17-4-2-1-3-5-17)21(28)23-15-8-6-14(7-9-15)20(27)22-16-10-11-16/h1-9,12-13,16H,10-11H2,(H,22,27)(H,23,28). The highest BCUT2D eigenvalue weighted by molar-refractivity contribution is 6.03. The first-order valence-electron chi connectivity index (χ1n) is 8.98. The molecule has 1 aliphatic carbocycles. The summed E-state index contributed by atoms with van der Waals surface area (Å²) >= 11 is 0. The van der Waals surface area contributed by atoms with Crippen molar-refractivity contribution in [3.05, 3.63) is 88.3 Å². The molecular formula is C21H18N4O3. The quantitative estimate of drug-likeness (QED) is 0.717. The van der Waals surface area contributed by atoms with E-state index in [0.29, 0.717) is 23.0 Å². The number of hydrogen-bond donors (Lipinski definition) is 2. The molecule has 1 saturated carbocycles. The minimum absolute atomic E-state index is 0.110. The third kappa shape index (κ3) is 3.98. The highest BCUT2D eigenvalue weighted by atomic mass is 16.2. The number of nitrogens with one attached hydrogen (secondary N) is 2. The number of benzene rings is 2. The molecule has 2 N–H and O–H groups in total. The van der Waals surface area contributed by atoms with Gasteiger partial charge >= 0.3 is 0 Å². The van der Waals surface area contributed by atoms with E-state index in [2.05, 4.69) is 15.7 Å². The minimum Gasteiger partial charge on any atom is -0.349 e. The van der Waals surface area contributed by atoms with Gasteiger partial charge in [-0.05, 0) is 55.3 Å². The van der Waals surface area contributed by atoms with E-state index in [4.69, 9.17) is 0 Å². The predicted octanol–water partition coefficient (Wildman–Crippen LogP) is 2.38. The number of carbonyl (C=O) groups is 2. The van der Waals surface area contributed by atoms with Gasteiger partial charge in [-0.3, -0.25) is 14.4 Å². The lowest BCUT2D eigenvalue weighted by molar-refractivity contribution is 0.0950. The van der Waals surface area contributed by atoms with Crippen LogP contribution in [-0.4, -0.2) is 27.6 Å². The van der Waals surface area contributed by atoms with Gasteiger partial charge in [0.15, 0.2) is 0 Å². The van der Waals surface area contributed by atoms with Gasteiger partial charge in [-0.15, -0.1) is 0 Å². The van der Waals surface area contributed by atoms with Crippen LogP contribution in [-0.2, 0) is 0 Å². The van der Waals surface area contributed by atoms with Crippen molar-refractivity contribution in [3.63, 3.8) is 0 Å². The molecule has 1 aromatic heterocycles. The Morgan fingerprint density at radius 1 is 0.893 bits per heavy atom. The molecule has 0 spiro atoms. The summed E-state index contributed by atoms with van der Waals surface area (Å²) in [6.45, 7) is 0. The Labute approximate surface area is 161 Å². The molecule has 0 aliphatic heterocycles. The van der Waals surface area contributed by atoms with E-state index < -0.39 is 5.91 Å². The summed E-state index contributed by atoms with van der Waals surface area (Å²) in [5.74, 6) is -0.558. The molecule has 0 bridgehead atoms. The molecule has 2 aromatic carbocycles. The molecule has 0 saturated heterocycles. The minimum atomic E-state index is -0.445. The van der Waals surface area contributed by atoms with E-state index >= 15 is 0 Å². The lowest BCUT2D eigenvalue weighted by Gasteiger charge is -2.08. The summed E-state index contributed by atoms with van der Waals surface area (Å²) in [4.78, 5) is 36.6. The predicted molar refractivity (Wildman–Crippen MR) is 105 cm³/mol. The van der Waals surface area contributed by atoms with E-state index in [1.165, 1.54) is 16.8 Å². The number of nitrogens with zero attached hydrogens (tertiary/aromatic N) is 2. The zero-order valence-corrected chi connectivity index (χ0v) is 15.0. The van der Waals surface area contributed by atoms with Crippen molar-refractivity contribution in [3.8, 4) is 5.69 Å². The van der Waals surface area contributed by atoms with Crippen molar-refractivity contribution < 1.29 is 9.59 Å². The molecule has 7 heteroatoms. The molecule has 140 valence electrons. The molecule has 1 fully saturated rings. The molecule has 7 nitrogen and oxygen atoms in total. The second kappa shape index (κ2) is 7.48. The van der Waals surface area contributed by atoms with Gasteiger partial charge in [-0.2, -0.15) is 9.78 Å². The number of aromatic nitrogens is 2. The van der Waals surface area contributed by atoms with Gasteiger partial charge < -0.3 is 10.6 Å². The van der Waals surface area contributed by atoms with E-state index in [9.17, 15) is 14.4 Å². The second-order valence-electron chi connectivity index (χ2n) is 6.58. The van der Waals surface area contributed by atoms with Crippen molar-refractivity contribution >= 4 is 17.5 Å². The van der Waals surface area contributed by atoms with Crippen molar-refractivity contribution in [1.29, 1.82) is 0 Å². The second-order valence-corrected chi connectivity index (χ2v) is 6.58. The number of hydrogen-bond acceptors (Lipinski definition) is 4. The monoisotopic (exact) mass is 374 g/mol. The Kier molecular flexibility index (Phi) is 4.72. The Bertz CT molecular complexity index is 1070. The highest BCUT2D eigenvalue weighted by Gasteiger charge is 2.23. The van der Waals surface area contributed by atoms with Crippen molar-refractivity contribution in [2.75, 3.05) is 5.32 Å². The zero-order chi connectivity index (χ0) is 19.5. The molecule has 1 aliphatic rings. The van der Waals surface area contributed by atoms with Crippen LogP contribution in [0, 0.1) is 0 Å². The maximum absolute atomic E-state index is 12.5. The van der Waals surface area contributed by atoms with E-state index in [0.717, 1.165) is 12.8 Å². The SMILES string of the molecule is O=C(NC1CC1)c1ccc(NC(=O)c2ccc(=O)n(-c3ccccc3)n2)cc1. The zero-order valence-electron chi connectivity index (χ0n) is 15.0. The summed E-state index contributed by atoms with van der Waals surface area (Å²) < 4.78 is 1.18. The van der Waals surface area contributed by atoms with Crippen LogP contribution in [0.15, 0.2) is 71.5 Å². The number of carbonyl (C=O) groups excluding carboxylic acids is 2. The van der Waals surface area contributed by atoms with Gasteiger partial charge in [-0.25, -0.2) is 0 Å². The van der Waals surface area contributed by atoms with Crippen LogP contribution in [0.1, 0.15) is 33.7 Å². The third-order valence-corrected chi connectivity index (χ3v) is 4.35. The van der Waals surface area contributed by atoms with Crippen LogP contribution >= 0.6 is 0 Å². The van der Waals surface area contributed by atoms with Crippen LogP contribution in [0.2, 0.25) is 0 Å². The van der Waals surface area contributed by atoms with E-state index in [1.54, 1.807) is 48.5 Å². The number of anilines is 1. The molecule has 0 radical (unpaired) electrons. The first-order chi connectivity index (χ1) is 13.6. The summed E-state index contributed by atoms with van der Waals surface area (Å²) in [6.07, 6.45) is 2.05. The van der Waals surface area contributed by atoms with Crippen molar-refractivity contribution in [2.24, 2.45) is 0 Å². The Hall–Kier alpha value is -3.74. The Balaban J connectivity index is 1.49. The summed E-state index contributed by atoms with van der Waals surface area (Å²) in [6, 6.07) is 18.5. The number of para-hydroxylation sites is 1. The Morgan fingerprint density at radius 3 is 2.29 bits per heavy atom. The molecular weight excluding hydrogens is 356 g/mol. The maximum atomic E-state index is 12.5. The van der Waals surface area contributed by atoms with Crippen LogP contribution in [0.4, 0.5) is 5.69 Å². The fraction of sp³-hybridized carbons (Fsp3) is 0.143. The molecule has 28 heavy (non-hydrogen) atoms. The lowest BCUT2D eigenvalue weighted by Crippen LogP contribution is -2.25. The fourth-order valence-corrected chi connectivity index (χ4v) is 2.68. The van der Waals surface area contributed by atoms with Crippen LogP contribution in [0.5, 0.6) is 0 Å². The smallest absolute Gasteiger partial charge is 0.276 e. The first kappa shape index (κ1) is 17.7. The van der Waals surface area contributed by atoms with E-state index in [1.807, 2.05) is 6.07 Å². The summed E-state index contributed by atoms with van der Waals surface area (Å²) in [5.41, 5.74) is 1.44. The number of rotatable bonds is 5. The molecule has 1 heterocycles. The van der Waals surface area contributed by atoms with Gasteiger partial charge in [0.1, 0.15) is 5.69 Å². The molecule has 2 amide bonds. The van der Waals surface area contributed by atoms with Crippen LogP contribution in [0.3, 0.4) is 0 Å². The summed E-state index contributed by atoms with van der Waals surface area (Å²) in [5, 5.41) is 9.79. The average molecular weight is 374 g/mol. The van der Waals surface area contributed by atoms with Crippen LogP contribution in [0.25, 0.3) is 5.69 Å². The normalized spacial score (nSPS) is 13.0. The molecule has 0 atom stereocenters. The van der Waals surface area contributed by atoms with Crippen molar-refractivity contribution in [2.45, 2.75) is 18.9 Å². The van der Waals surface area contributed by atoms with Crippen molar-refractivity contribution in [1.82, 2.24) is 15.1 Å². The lowest BCUT2D eigenvalue weighted by atomic mass is 10.2. The average Bonchev–Trinajstić information content (AvgIpc) is 3.53. The largest absolute Gasteiger partial charge is 0.349 e. The van der Waals surface area contributed by atoms with Gasteiger partial charge in [0.2, 0.25) is 0 Å². The first-order valence-corrected chi connectivity index (χ1v) is 8.98. The maximum Gasteiger partial charge on any atom is 0.276 e. The molecule has 3 aromatic rings. The topological polar surface area (TPSA) is 93.1 Å². The van der Waals surface area contributed by atoms with Crippen LogP contribution < -0.4 is 16.2 Å². The highest BCUT2D eigenvalue weighted by Crippen LogP contribution is 2.19. The third-order valence-electron chi connectivity index (χ3n) is 4.35. The fourth-order valence-electron chi connectivity index (χ4n) is 2.68. The Morgan fingerprint density at radius 2 is 1.61 bits per heavy atom. The number of amides is 2. The van der Waals surface area contributed by atoms with Gasteiger partial charge in [0.25, 0.3) is 17.4 Å². The van der Waals surface area contributed by atoms with Gasteiger partial charge in [0.05, 0.1) is 5.69 Å².